The summed E-state index contributed by atoms with van der Waals surface area (Å²) in [6.07, 6.45) is 7.06. The Morgan fingerprint density at radius 1 is 1.28 bits per heavy atom. The van der Waals surface area contributed by atoms with Crippen LogP contribution in [-0.2, 0) is 17.8 Å². The molecule has 0 saturated carbocycles. The van der Waals surface area contributed by atoms with Gasteiger partial charge in [-0.15, -0.1) is 0 Å². The molecule has 0 atom stereocenters. The summed E-state index contributed by atoms with van der Waals surface area (Å²) in [6, 6.07) is 5.86. The highest BCUT2D eigenvalue weighted by molar-refractivity contribution is 5.92. The number of aromatic nitrogens is 2. The summed E-state index contributed by atoms with van der Waals surface area (Å²) >= 11 is 0. The van der Waals surface area contributed by atoms with E-state index in [1.807, 2.05) is 6.20 Å². The molecule has 1 aliphatic heterocycles. The lowest BCUT2D eigenvalue weighted by atomic mass is 9.96. The molecule has 0 radical (unpaired) electrons. The van der Waals surface area contributed by atoms with Gasteiger partial charge >= 0.3 is 0 Å². The zero-order chi connectivity index (χ0) is 17.6. The van der Waals surface area contributed by atoms with Gasteiger partial charge in [0.25, 0.3) is 0 Å². The maximum Gasteiger partial charge on any atom is 0.238 e. The molecular formula is C19H25FN4O. The minimum Gasteiger partial charge on any atom is -0.335 e. The number of carbonyl (C=O) groups excluding carboxylic acids is 1. The minimum atomic E-state index is -0.302. The summed E-state index contributed by atoms with van der Waals surface area (Å²) in [5.41, 5.74) is 0.633. The Bertz CT molecular complexity index is 690. The van der Waals surface area contributed by atoms with Crippen LogP contribution in [0.1, 0.15) is 25.6 Å². The summed E-state index contributed by atoms with van der Waals surface area (Å²) in [5, 5.41) is 2.82. The Labute approximate surface area is 147 Å². The van der Waals surface area contributed by atoms with Crippen LogP contribution in [0.2, 0.25) is 0 Å². The Kier molecular flexibility index (Phi) is 5.81. The third kappa shape index (κ3) is 4.89. The highest BCUT2D eigenvalue weighted by atomic mass is 19.1. The lowest BCUT2D eigenvalue weighted by molar-refractivity contribution is -0.117. The highest BCUT2D eigenvalue weighted by Gasteiger charge is 2.21. The van der Waals surface area contributed by atoms with Gasteiger partial charge in [0.1, 0.15) is 11.6 Å². The standard InChI is InChI=1S/C19H25FN4O/c1-2-18-21-9-12-24(18)13-15-7-10-23(11-8-15)14-19(25)22-17-5-3-16(20)4-6-17/h3-6,9,12,15H,2,7-8,10-11,13-14H2,1H3,(H,22,25). The molecule has 2 heterocycles. The quantitative estimate of drug-likeness (QED) is 0.876. The molecule has 3 rings (SSSR count). The summed E-state index contributed by atoms with van der Waals surface area (Å²) in [4.78, 5) is 18.7. The number of nitrogens with zero attached hydrogens (tertiary/aromatic N) is 3. The van der Waals surface area contributed by atoms with Crippen LogP contribution in [0.15, 0.2) is 36.7 Å². The molecule has 6 heteroatoms. The number of aryl methyl sites for hydroxylation is 1. The van der Waals surface area contributed by atoms with Crippen LogP contribution in [0, 0.1) is 11.7 Å². The number of amides is 1. The second-order valence-corrected chi connectivity index (χ2v) is 6.62. The van der Waals surface area contributed by atoms with Crippen molar-refractivity contribution >= 4 is 11.6 Å². The van der Waals surface area contributed by atoms with Crippen molar-refractivity contribution in [3.63, 3.8) is 0 Å². The maximum atomic E-state index is 12.9. The summed E-state index contributed by atoms with van der Waals surface area (Å²) < 4.78 is 15.1. The summed E-state index contributed by atoms with van der Waals surface area (Å²) in [7, 11) is 0. The predicted molar refractivity (Wildman–Crippen MR) is 95.8 cm³/mol. The topological polar surface area (TPSA) is 50.2 Å². The SMILES string of the molecule is CCc1nccn1CC1CCN(CC(=O)Nc2ccc(F)cc2)CC1. The first kappa shape index (κ1) is 17.6. The second kappa shape index (κ2) is 8.25. The fourth-order valence-corrected chi connectivity index (χ4v) is 3.36. The molecule has 0 unspecified atom stereocenters. The molecule has 0 aliphatic carbocycles. The van der Waals surface area contributed by atoms with E-state index in [-0.39, 0.29) is 11.7 Å². The lowest BCUT2D eigenvalue weighted by Gasteiger charge is -2.31. The van der Waals surface area contributed by atoms with Crippen LogP contribution in [0.3, 0.4) is 0 Å². The van der Waals surface area contributed by atoms with E-state index in [4.69, 9.17) is 0 Å². The molecule has 1 saturated heterocycles. The van der Waals surface area contributed by atoms with E-state index >= 15 is 0 Å². The van der Waals surface area contributed by atoms with Crippen molar-refractivity contribution in [2.75, 3.05) is 25.0 Å². The van der Waals surface area contributed by atoms with E-state index in [2.05, 4.69) is 32.9 Å². The van der Waals surface area contributed by atoms with Gasteiger partial charge in [-0.2, -0.15) is 0 Å². The number of rotatable bonds is 6. The number of nitrogens with one attached hydrogen (secondary N) is 1. The van der Waals surface area contributed by atoms with Crippen molar-refractivity contribution in [3.05, 3.63) is 48.3 Å². The largest absolute Gasteiger partial charge is 0.335 e. The molecular weight excluding hydrogens is 319 g/mol. The first-order valence-electron chi connectivity index (χ1n) is 8.92. The fraction of sp³-hybridized carbons (Fsp3) is 0.474. The number of piperidine rings is 1. The van der Waals surface area contributed by atoms with Crippen molar-refractivity contribution in [2.45, 2.75) is 32.7 Å². The maximum absolute atomic E-state index is 12.9. The van der Waals surface area contributed by atoms with Crippen molar-refractivity contribution in [2.24, 2.45) is 5.92 Å². The third-order valence-corrected chi connectivity index (χ3v) is 4.78. The van der Waals surface area contributed by atoms with E-state index in [0.717, 1.165) is 44.7 Å². The van der Waals surface area contributed by atoms with E-state index in [9.17, 15) is 9.18 Å². The smallest absolute Gasteiger partial charge is 0.238 e. The number of hydrogen-bond acceptors (Lipinski definition) is 3. The van der Waals surface area contributed by atoms with Gasteiger partial charge in [0.05, 0.1) is 6.54 Å². The van der Waals surface area contributed by atoms with E-state index < -0.39 is 0 Å². The third-order valence-electron chi connectivity index (χ3n) is 4.78. The molecule has 2 aromatic rings. The Hall–Kier alpha value is -2.21. The normalized spacial score (nSPS) is 16.1. The number of imidazole rings is 1. The molecule has 0 spiro atoms. The highest BCUT2D eigenvalue weighted by Crippen LogP contribution is 2.20. The van der Waals surface area contributed by atoms with Crippen molar-refractivity contribution in [1.82, 2.24) is 14.5 Å². The predicted octanol–water partition coefficient (Wildman–Crippen LogP) is 2.94. The molecule has 1 amide bonds. The zero-order valence-corrected chi connectivity index (χ0v) is 14.6. The van der Waals surface area contributed by atoms with Crippen molar-refractivity contribution in [1.29, 1.82) is 0 Å². The van der Waals surface area contributed by atoms with Crippen molar-refractivity contribution < 1.29 is 9.18 Å². The summed E-state index contributed by atoms with van der Waals surface area (Å²) in [6.45, 7) is 5.38. The number of halogens is 1. The Morgan fingerprint density at radius 3 is 2.68 bits per heavy atom. The van der Waals surface area contributed by atoms with Gasteiger partial charge in [-0.05, 0) is 56.1 Å². The molecule has 25 heavy (non-hydrogen) atoms. The van der Waals surface area contributed by atoms with Gasteiger partial charge < -0.3 is 9.88 Å². The van der Waals surface area contributed by atoms with Gasteiger partial charge in [0.2, 0.25) is 5.91 Å². The zero-order valence-electron chi connectivity index (χ0n) is 14.6. The van der Waals surface area contributed by atoms with Gasteiger partial charge in [0, 0.05) is 31.0 Å². The van der Waals surface area contributed by atoms with E-state index in [1.54, 1.807) is 12.1 Å². The van der Waals surface area contributed by atoms with Crippen LogP contribution >= 0.6 is 0 Å². The first-order chi connectivity index (χ1) is 12.1. The first-order valence-corrected chi connectivity index (χ1v) is 8.92. The second-order valence-electron chi connectivity index (χ2n) is 6.62. The molecule has 1 N–H and O–H groups in total. The van der Waals surface area contributed by atoms with Gasteiger partial charge in [-0.3, -0.25) is 9.69 Å². The molecule has 5 nitrogen and oxygen atoms in total. The van der Waals surface area contributed by atoms with Crippen LogP contribution in [0.4, 0.5) is 10.1 Å². The van der Waals surface area contributed by atoms with Crippen LogP contribution in [0.25, 0.3) is 0 Å². The molecule has 1 fully saturated rings. The molecule has 1 aromatic carbocycles. The van der Waals surface area contributed by atoms with Crippen molar-refractivity contribution in [3.8, 4) is 0 Å². The molecule has 134 valence electrons. The summed E-state index contributed by atoms with van der Waals surface area (Å²) in [5.74, 6) is 1.43. The van der Waals surface area contributed by atoms with Crippen LogP contribution in [-0.4, -0.2) is 40.0 Å². The van der Waals surface area contributed by atoms with E-state index in [1.165, 1.54) is 12.1 Å². The number of anilines is 1. The number of carbonyl (C=O) groups is 1. The van der Waals surface area contributed by atoms with E-state index in [0.29, 0.717) is 18.2 Å². The molecule has 1 aromatic heterocycles. The average Bonchev–Trinajstić information content (AvgIpc) is 3.06. The van der Waals surface area contributed by atoms with Gasteiger partial charge in [-0.25, -0.2) is 9.37 Å². The Morgan fingerprint density at radius 2 is 2.00 bits per heavy atom. The van der Waals surface area contributed by atoms with Gasteiger partial charge in [0.15, 0.2) is 0 Å². The molecule has 0 bridgehead atoms. The Balaban J connectivity index is 1.43. The minimum absolute atomic E-state index is 0.0482. The van der Waals surface area contributed by atoms with Gasteiger partial charge in [-0.1, -0.05) is 6.92 Å². The molecule has 1 aliphatic rings. The lowest BCUT2D eigenvalue weighted by Crippen LogP contribution is -2.40. The number of hydrogen-bond donors (Lipinski definition) is 1. The van der Waals surface area contributed by atoms with Crippen LogP contribution < -0.4 is 5.32 Å². The fourth-order valence-electron chi connectivity index (χ4n) is 3.36. The average molecular weight is 344 g/mol. The number of benzene rings is 1. The monoisotopic (exact) mass is 344 g/mol. The van der Waals surface area contributed by atoms with Crippen LogP contribution in [0.5, 0.6) is 0 Å². The number of likely N-dealkylation sites (tertiary alicyclic amines) is 1.